The molecule has 29 heavy (non-hydrogen) atoms. The van der Waals surface area contributed by atoms with Gasteiger partial charge < -0.3 is 14.6 Å². The van der Waals surface area contributed by atoms with Crippen LogP contribution in [-0.2, 0) is 0 Å². The van der Waals surface area contributed by atoms with E-state index in [2.05, 4.69) is 29.5 Å². The van der Waals surface area contributed by atoms with E-state index in [9.17, 15) is 14.7 Å². The Morgan fingerprint density at radius 2 is 1.90 bits per heavy atom. The highest BCUT2D eigenvalue weighted by Gasteiger charge is 2.35. The van der Waals surface area contributed by atoms with E-state index < -0.39 is 5.97 Å². The summed E-state index contributed by atoms with van der Waals surface area (Å²) in [5.74, 6) is -0.334. The van der Waals surface area contributed by atoms with Gasteiger partial charge in [-0.05, 0) is 57.9 Å². The summed E-state index contributed by atoms with van der Waals surface area (Å²) in [5, 5.41) is 9.20. The minimum Gasteiger partial charge on any atom is -0.478 e. The Kier molecular flexibility index (Phi) is 4.82. The van der Waals surface area contributed by atoms with Gasteiger partial charge in [0.15, 0.2) is 0 Å². The fourth-order valence-corrected chi connectivity index (χ4v) is 4.17. The average molecular weight is 392 g/mol. The van der Waals surface area contributed by atoms with Crippen molar-refractivity contribution in [2.45, 2.75) is 45.7 Å². The number of imidazole rings is 1. The highest BCUT2D eigenvalue weighted by molar-refractivity contribution is 5.95. The molecule has 1 saturated heterocycles. The standard InChI is InChI=1S/C22H24N4O3/c1-13(2)26-18-8-5-4-7-16(18)24-20(26)19-9-6-12-25(19)21(27)17-11-10-15(22(28)29)14(3)23-17/h4-5,7-8,10-11,13,19H,6,9,12H2,1-3H3,(H,28,29). The van der Waals surface area contributed by atoms with E-state index in [1.54, 1.807) is 6.92 Å². The molecule has 150 valence electrons. The number of fused-ring (bicyclic) bond motifs is 1. The highest BCUT2D eigenvalue weighted by atomic mass is 16.4. The topological polar surface area (TPSA) is 88.3 Å². The summed E-state index contributed by atoms with van der Waals surface area (Å²) in [4.78, 5) is 35.4. The summed E-state index contributed by atoms with van der Waals surface area (Å²) in [6.07, 6.45) is 1.73. The molecule has 1 aromatic carbocycles. The number of para-hydroxylation sites is 2. The summed E-state index contributed by atoms with van der Waals surface area (Å²) >= 11 is 0. The molecule has 1 amide bonds. The monoisotopic (exact) mass is 392 g/mol. The zero-order valence-corrected chi connectivity index (χ0v) is 16.8. The van der Waals surface area contributed by atoms with E-state index in [-0.39, 0.29) is 29.2 Å². The fourth-order valence-electron chi connectivity index (χ4n) is 4.17. The maximum absolute atomic E-state index is 13.2. The summed E-state index contributed by atoms with van der Waals surface area (Å²) in [5.41, 5.74) is 2.72. The van der Waals surface area contributed by atoms with Gasteiger partial charge in [0.05, 0.1) is 28.3 Å². The second-order valence-electron chi connectivity index (χ2n) is 7.71. The van der Waals surface area contributed by atoms with E-state index >= 15 is 0 Å². The number of carboxylic acids is 1. The smallest absolute Gasteiger partial charge is 0.337 e. The van der Waals surface area contributed by atoms with Gasteiger partial charge in [0, 0.05) is 12.6 Å². The Morgan fingerprint density at radius 1 is 1.14 bits per heavy atom. The predicted molar refractivity (Wildman–Crippen MR) is 109 cm³/mol. The number of aryl methyl sites for hydroxylation is 1. The van der Waals surface area contributed by atoms with Gasteiger partial charge in [-0.25, -0.2) is 14.8 Å². The van der Waals surface area contributed by atoms with Crippen LogP contribution in [0.2, 0.25) is 0 Å². The van der Waals surface area contributed by atoms with Crippen LogP contribution in [0.15, 0.2) is 36.4 Å². The molecule has 1 atom stereocenters. The third kappa shape index (κ3) is 3.26. The van der Waals surface area contributed by atoms with Gasteiger partial charge in [-0.2, -0.15) is 0 Å². The highest BCUT2D eigenvalue weighted by Crippen LogP contribution is 2.35. The largest absolute Gasteiger partial charge is 0.478 e. The number of aromatic carboxylic acids is 1. The number of hydrogen-bond donors (Lipinski definition) is 1. The Hall–Kier alpha value is -3.22. The first kappa shape index (κ1) is 19.1. The van der Waals surface area contributed by atoms with Crippen LogP contribution in [-0.4, -0.2) is 43.0 Å². The number of carbonyl (C=O) groups excluding carboxylic acids is 1. The first-order valence-electron chi connectivity index (χ1n) is 9.87. The van der Waals surface area contributed by atoms with Crippen molar-refractivity contribution in [3.8, 4) is 0 Å². The Balaban J connectivity index is 1.73. The number of aromatic nitrogens is 3. The van der Waals surface area contributed by atoms with Crippen molar-refractivity contribution >= 4 is 22.9 Å². The molecule has 7 heteroatoms. The maximum atomic E-state index is 13.2. The predicted octanol–water partition coefficient (Wildman–Crippen LogP) is 4.00. The van der Waals surface area contributed by atoms with E-state index in [1.807, 2.05) is 23.1 Å². The summed E-state index contributed by atoms with van der Waals surface area (Å²) in [6.45, 7) is 6.48. The van der Waals surface area contributed by atoms with Gasteiger partial charge in [0.1, 0.15) is 11.5 Å². The first-order valence-corrected chi connectivity index (χ1v) is 9.87. The number of benzene rings is 1. The molecule has 2 aromatic heterocycles. The molecule has 4 rings (SSSR count). The number of rotatable bonds is 4. The van der Waals surface area contributed by atoms with E-state index in [4.69, 9.17) is 4.98 Å². The van der Waals surface area contributed by atoms with Crippen LogP contribution in [0.1, 0.15) is 71.1 Å². The molecule has 1 aliphatic heterocycles. The number of likely N-dealkylation sites (tertiary alicyclic amines) is 1. The van der Waals surface area contributed by atoms with Crippen molar-refractivity contribution in [2.24, 2.45) is 0 Å². The molecule has 1 N–H and O–H groups in total. The molecule has 0 bridgehead atoms. The lowest BCUT2D eigenvalue weighted by atomic mass is 10.1. The summed E-state index contributed by atoms with van der Waals surface area (Å²) < 4.78 is 2.21. The minimum absolute atomic E-state index is 0.112. The van der Waals surface area contributed by atoms with Gasteiger partial charge in [0.2, 0.25) is 0 Å². The Labute approximate surface area is 169 Å². The number of carbonyl (C=O) groups is 2. The summed E-state index contributed by atoms with van der Waals surface area (Å²) in [7, 11) is 0. The molecule has 1 unspecified atom stereocenters. The number of carboxylic acid groups (broad SMARTS) is 1. The van der Waals surface area contributed by atoms with E-state index in [0.717, 1.165) is 29.7 Å². The van der Waals surface area contributed by atoms with Crippen LogP contribution in [0.5, 0.6) is 0 Å². The van der Waals surface area contributed by atoms with Gasteiger partial charge >= 0.3 is 5.97 Å². The molecule has 1 aliphatic rings. The van der Waals surface area contributed by atoms with Gasteiger partial charge in [-0.3, -0.25) is 4.79 Å². The zero-order valence-electron chi connectivity index (χ0n) is 16.8. The van der Waals surface area contributed by atoms with Crippen LogP contribution in [0.4, 0.5) is 0 Å². The van der Waals surface area contributed by atoms with E-state index in [0.29, 0.717) is 12.2 Å². The number of amides is 1. The quantitative estimate of drug-likeness (QED) is 0.725. The molecule has 3 heterocycles. The van der Waals surface area contributed by atoms with Crippen molar-refractivity contribution < 1.29 is 14.7 Å². The Bertz CT molecular complexity index is 1100. The number of pyridine rings is 1. The molecule has 1 fully saturated rings. The molecule has 3 aromatic rings. The van der Waals surface area contributed by atoms with Gasteiger partial charge in [0.25, 0.3) is 5.91 Å². The van der Waals surface area contributed by atoms with Gasteiger partial charge in [-0.15, -0.1) is 0 Å². The molecule has 0 radical (unpaired) electrons. The first-order chi connectivity index (χ1) is 13.9. The van der Waals surface area contributed by atoms with Crippen LogP contribution in [0.3, 0.4) is 0 Å². The average Bonchev–Trinajstić information content (AvgIpc) is 3.31. The third-order valence-corrected chi connectivity index (χ3v) is 5.49. The fraction of sp³-hybridized carbons (Fsp3) is 0.364. The lowest BCUT2D eigenvalue weighted by Crippen LogP contribution is -2.33. The van der Waals surface area contributed by atoms with E-state index in [1.165, 1.54) is 12.1 Å². The number of hydrogen-bond acceptors (Lipinski definition) is 4. The third-order valence-electron chi connectivity index (χ3n) is 5.49. The normalized spacial score (nSPS) is 16.7. The SMILES string of the molecule is Cc1nc(C(=O)N2CCCC2c2nc3ccccc3n2C(C)C)ccc1C(=O)O. The molecule has 0 spiro atoms. The molecule has 0 saturated carbocycles. The van der Waals surface area contributed by atoms with Crippen molar-refractivity contribution in [1.29, 1.82) is 0 Å². The van der Waals surface area contributed by atoms with Crippen LogP contribution in [0.25, 0.3) is 11.0 Å². The zero-order chi connectivity index (χ0) is 20.7. The molecule has 0 aliphatic carbocycles. The molecular weight excluding hydrogens is 368 g/mol. The van der Waals surface area contributed by atoms with Crippen LogP contribution in [0, 0.1) is 6.92 Å². The molecular formula is C22H24N4O3. The minimum atomic E-state index is -1.04. The lowest BCUT2D eigenvalue weighted by Gasteiger charge is -2.26. The van der Waals surface area contributed by atoms with Crippen LogP contribution < -0.4 is 0 Å². The maximum Gasteiger partial charge on any atom is 0.337 e. The number of nitrogens with zero attached hydrogens (tertiary/aromatic N) is 4. The second kappa shape index (κ2) is 7.31. The van der Waals surface area contributed by atoms with Gasteiger partial charge in [-0.1, -0.05) is 12.1 Å². The van der Waals surface area contributed by atoms with Crippen molar-refractivity contribution in [2.75, 3.05) is 6.54 Å². The second-order valence-corrected chi connectivity index (χ2v) is 7.71. The van der Waals surface area contributed by atoms with Crippen molar-refractivity contribution in [1.82, 2.24) is 19.4 Å². The van der Waals surface area contributed by atoms with Crippen molar-refractivity contribution in [3.63, 3.8) is 0 Å². The lowest BCUT2D eigenvalue weighted by molar-refractivity contribution is 0.0688. The molecule has 7 nitrogen and oxygen atoms in total. The summed E-state index contributed by atoms with van der Waals surface area (Å²) in [6, 6.07) is 11.1. The Morgan fingerprint density at radius 3 is 2.59 bits per heavy atom. The van der Waals surface area contributed by atoms with Crippen molar-refractivity contribution in [3.05, 3.63) is 59.2 Å². The van der Waals surface area contributed by atoms with Crippen LogP contribution >= 0.6 is 0 Å².